The molecule has 0 aliphatic carbocycles. The van der Waals surface area contributed by atoms with Gasteiger partial charge < -0.3 is 14.5 Å². The summed E-state index contributed by atoms with van der Waals surface area (Å²) >= 11 is 0. The van der Waals surface area contributed by atoms with Crippen LogP contribution in [0, 0.1) is 0 Å². The molecule has 0 bridgehead atoms. The first-order valence-corrected chi connectivity index (χ1v) is 10.9. The van der Waals surface area contributed by atoms with Gasteiger partial charge in [-0.15, -0.1) is 0 Å². The monoisotopic (exact) mass is 444 g/mol. The summed E-state index contributed by atoms with van der Waals surface area (Å²) in [5.74, 6) is -0.000934. The van der Waals surface area contributed by atoms with Gasteiger partial charge in [-0.3, -0.25) is 24.1 Å². The minimum Gasteiger partial charge on any atom is -0.383 e. The zero-order valence-electron chi connectivity index (χ0n) is 18.3. The molecule has 0 N–H and O–H groups in total. The third kappa shape index (κ3) is 4.14. The number of benzene rings is 2. The number of rotatable bonds is 5. The summed E-state index contributed by atoms with van der Waals surface area (Å²) in [5.41, 5.74) is 3.70. The van der Waals surface area contributed by atoms with Gasteiger partial charge in [0, 0.05) is 56.9 Å². The quantitative estimate of drug-likeness (QED) is 0.464. The van der Waals surface area contributed by atoms with Crippen LogP contribution in [0.3, 0.4) is 0 Å². The molecule has 0 atom stereocenters. The number of amides is 1. The Morgan fingerprint density at radius 3 is 2.52 bits per heavy atom. The summed E-state index contributed by atoms with van der Waals surface area (Å²) < 4.78 is 6.62. The van der Waals surface area contributed by atoms with Crippen LogP contribution in [0.25, 0.3) is 21.9 Å². The summed E-state index contributed by atoms with van der Waals surface area (Å²) in [5, 5.41) is 0.588. The molecule has 1 aliphatic heterocycles. The number of carbonyl (C=O) groups excluding carboxylic acids is 1. The van der Waals surface area contributed by atoms with Crippen molar-refractivity contribution in [2.24, 2.45) is 0 Å². The summed E-state index contributed by atoms with van der Waals surface area (Å²) in [6.45, 7) is 3.56. The minimum atomic E-state index is -0.0703. The molecule has 1 amide bonds. The number of nitrogens with zero attached hydrogens (tertiary/aromatic N) is 6. The maximum atomic E-state index is 13.0. The van der Waals surface area contributed by atoms with E-state index in [1.54, 1.807) is 42.5 Å². The molecular formula is C24H24N6O3. The summed E-state index contributed by atoms with van der Waals surface area (Å²) in [4.78, 5) is 42.8. The van der Waals surface area contributed by atoms with E-state index < -0.39 is 0 Å². The van der Waals surface area contributed by atoms with E-state index in [0.717, 1.165) is 11.2 Å². The van der Waals surface area contributed by atoms with E-state index >= 15 is 0 Å². The number of piperazine rings is 1. The molecule has 33 heavy (non-hydrogen) atoms. The Bertz CT molecular complexity index is 1380. The van der Waals surface area contributed by atoms with Gasteiger partial charge in [-0.2, -0.15) is 0 Å². The van der Waals surface area contributed by atoms with Crippen LogP contribution in [-0.4, -0.2) is 70.2 Å². The maximum absolute atomic E-state index is 13.0. The molecule has 3 heterocycles. The van der Waals surface area contributed by atoms with Crippen LogP contribution in [0.2, 0.25) is 0 Å². The number of ether oxygens (including phenoxy) is 1. The molecule has 4 aromatic rings. The first kappa shape index (κ1) is 21.0. The molecule has 0 spiro atoms. The second kappa shape index (κ2) is 8.95. The number of carbonyl (C=O) groups is 1. The van der Waals surface area contributed by atoms with Crippen LogP contribution < -0.4 is 10.5 Å². The van der Waals surface area contributed by atoms with Crippen molar-refractivity contribution >= 4 is 33.5 Å². The van der Waals surface area contributed by atoms with Crippen LogP contribution >= 0.6 is 0 Å². The van der Waals surface area contributed by atoms with Crippen molar-refractivity contribution in [1.29, 1.82) is 0 Å². The predicted molar refractivity (Wildman–Crippen MR) is 126 cm³/mol. The van der Waals surface area contributed by atoms with Gasteiger partial charge in [0.2, 0.25) is 0 Å². The zero-order chi connectivity index (χ0) is 22.8. The summed E-state index contributed by atoms with van der Waals surface area (Å²) in [6, 6.07) is 11.2. The average molecular weight is 444 g/mol. The molecular weight excluding hydrogens is 420 g/mol. The van der Waals surface area contributed by atoms with E-state index in [9.17, 15) is 9.59 Å². The minimum absolute atomic E-state index is 0.000934. The van der Waals surface area contributed by atoms with Crippen molar-refractivity contribution in [2.75, 3.05) is 44.8 Å². The Morgan fingerprint density at radius 2 is 1.73 bits per heavy atom. The Morgan fingerprint density at radius 1 is 0.939 bits per heavy atom. The number of aromatic nitrogens is 4. The highest BCUT2D eigenvalue weighted by Crippen LogP contribution is 2.21. The largest absolute Gasteiger partial charge is 0.383 e. The van der Waals surface area contributed by atoms with E-state index in [0.29, 0.717) is 61.3 Å². The highest BCUT2D eigenvalue weighted by Gasteiger charge is 2.23. The van der Waals surface area contributed by atoms with Crippen molar-refractivity contribution < 1.29 is 9.53 Å². The van der Waals surface area contributed by atoms with Gasteiger partial charge in [0.1, 0.15) is 0 Å². The van der Waals surface area contributed by atoms with Crippen LogP contribution in [0.4, 0.5) is 5.69 Å². The molecule has 0 saturated carbocycles. The number of hydrogen-bond donors (Lipinski definition) is 0. The van der Waals surface area contributed by atoms with Crippen molar-refractivity contribution in [2.45, 2.75) is 6.54 Å². The molecule has 9 nitrogen and oxygen atoms in total. The van der Waals surface area contributed by atoms with Crippen molar-refractivity contribution in [3.8, 4) is 0 Å². The Kier molecular flexibility index (Phi) is 5.70. The Hall–Kier alpha value is -3.85. The smallest absolute Gasteiger partial charge is 0.261 e. The van der Waals surface area contributed by atoms with Crippen molar-refractivity contribution in [3.63, 3.8) is 0 Å². The fourth-order valence-corrected chi connectivity index (χ4v) is 4.14. The van der Waals surface area contributed by atoms with Gasteiger partial charge in [-0.25, -0.2) is 4.98 Å². The highest BCUT2D eigenvalue weighted by atomic mass is 16.5. The first-order valence-electron chi connectivity index (χ1n) is 10.9. The SMILES string of the molecule is COCCn1cnc2cc(N3CCN(C(=O)c4ccc5nccnc5c4)CC3)ccc2c1=O. The van der Waals surface area contributed by atoms with Gasteiger partial charge in [0.15, 0.2) is 0 Å². The van der Waals surface area contributed by atoms with E-state index in [4.69, 9.17) is 4.74 Å². The van der Waals surface area contributed by atoms with Gasteiger partial charge in [-0.1, -0.05) is 0 Å². The molecule has 0 unspecified atom stereocenters. The molecule has 9 heteroatoms. The lowest BCUT2D eigenvalue weighted by molar-refractivity contribution is 0.0747. The highest BCUT2D eigenvalue weighted by molar-refractivity contribution is 5.97. The number of anilines is 1. The first-order chi connectivity index (χ1) is 16.1. The standard InChI is InChI=1S/C24H24N6O3/c1-33-13-12-30-16-27-21-15-18(3-4-19(21)24(30)32)28-8-10-29(11-9-28)23(31)17-2-5-20-22(14-17)26-7-6-25-20/h2-7,14-16H,8-13H2,1H3. The van der Waals surface area contributed by atoms with E-state index in [-0.39, 0.29) is 11.5 Å². The fraction of sp³-hybridized carbons (Fsp3) is 0.292. The van der Waals surface area contributed by atoms with Crippen LogP contribution in [0.5, 0.6) is 0 Å². The van der Waals surface area contributed by atoms with Gasteiger partial charge in [-0.05, 0) is 36.4 Å². The fourth-order valence-electron chi connectivity index (χ4n) is 4.14. The third-order valence-electron chi connectivity index (χ3n) is 5.99. The van der Waals surface area contributed by atoms with Gasteiger partial charge in [0.25, 0.3) is 11.5 Å². The molecule has 168 valence electrons. The lowest BCUT2D eigenvalue weighted by Gasteiger charge is -2.36. The van der Waals surface area contributed by atoms with E-state index in [1.807, 2.05) is 29.2 Å². The maximum Gasteiger partial charge on any atom is 0.261 e. The predicted octanol–water partition coefficient (Wildman–Crippen LogP) is 1.95. The number of hydrogen-bond acceptors (Lipinski definition) is 7. The number of methoxy groups -OCH3 is 1. The summed E-state index contributed by atoms with van der Waals surface area (Å²) in [7, 11) is 1.61. The molecule has 1 aliphatic rings. The van der Waals surface area contributed by atoms with Gasteiger partial charge >= 0.3 is 0 Å². The molecule has 1 saturated heterocycles. The molecule has 2 aromatic heterocycles. The molecule has 0 radical (unpaired) electrons. The van der Waals surface area contributed by atoms with E-state index in [1.165, 1.54) is 0 Å². The third-order valence-corrected chi connectivity index (χ3v) is 5.99. The number of fused-ring (bicyclic) bond motifs is 2. The second-order valence-electron chi connectivity index (χ2n) is 7.98. The molecule has 5 rings (SSSR count). The lowest BCUT2D eigenvalue weighted by Crippen LogP contribution is -2.48. The van der Waals surface area contributed by atoms with Gasteiger partial charge in [0.05, 0.1) is 41.4 Å². The Labute approximate surface area is 190 Å². The average Bonchev–Trinajstić information content (AvgIpc) is 2.87. The normalized spacial score (nSPS) is 14.2. The van der Waals surface area contributed by atoms with Crippen molar-refractivity contribution in [1.82, 2.24) is 24.4 Å². The van der Waals surface area contributed by atoms with Crippen LogP contribution in [0.1, 0.15) is 10.4 Å². The summed E-state index contributed by atoms with van der Waals surface area (Å²) in [6.07, 6.45) is 4.84. The zero-order valence-corrected chi connectivity index (χ0v) is 18.3. The molecule has 1 fully saturated rings. The van der Waals surface area contributed by atoms with E-state index in [2.05, 4.69) is 19.9 Å². The molecule has 2 aromatic carbocycles. The van der Waals surface area contributed by atoms with Crippen LogP contribution in [0.15, 0.2) is 59.9 Å². The second-order valence-corrected chi connectivity index (χ2v) is 7.98. The van der Waals surface area contributed by atoms with Crippen LogP contribution in [-0.2, 0) is 11.3 Å². The topological polar surface area (TPSA) is 93.4 Å². The van der Waals surface area contributed by atoms with Crippen molar-refractivity contribution in [3.05, 3.63) is 71.0 Å². The lowest BCUT2D eigenvalue weighted by atomic mass is 10.1. The Balaban J connectivity index is 1.29.